The Morgan fingerprint density at radius 2 is 1.80 bits per heavy atom. The topological polar surface area (TPSA) is 61.3 Å². The molecule has 15 heavy (non-hydrogen) atoms. The highest BCUT2D eigenvalue weighted by Crippen LogP contribution is 2.14. The van der Waals surface area contributed by atoms with E-state index >= 15 is 0 Å². The maximum absolute atomic E-state index is 11.5. The van der Waals surface area contributed by atoms with Gasteiger partial charge in [0.2, 0.25) is 0 Å². The average Bonchev–Trinajstić information content (AvgIpc) is 2.16. The van der Waals surface area contributed by atoms with Gasteiger partial charge in [-0.1, -0.05) is 0 Å². The van der Waals surface area contributed by atoms with Gasteiger partial charge >= 0.3 is 12.0 Å². The maximum Gasteiger partial charge on any atom is 0.341 e. The van der Waals surface area contributed by atoms with Gasteiger partial charge in [-0.2, -0.15) is 9.97 Å². The number of esters is 1. The van der Waals surface area contributed by atoms with Crippen LogP contribution in [0.3, 0.4) is 0 Å². The number of methoxy groups -OCH3 is 1. The fourth-order valence-corrected chi connectivity index (χ4v) is 1.28. The standard InChI is InChI=1S/C10H14N2O3/c1-5-15-9(13)8-6(2)11-10(14-4)12-7(8)3/h5H2,1-4H3. The fourth-order valence-electron chi connectivity index (χ4n) is 1.28. The molecule has 1 heterocycles. The van der Waals surface area contributed by atoms with Gasteiger partial charge in [0.05, 0.1) is 25.1 Å². The van der Waals surface area contributed by atoms with E-state index in [1.807, 2.05) is 0 Å². The van der Waals surface area contributed by atoms with E-state index in [9.17, 15) is 4.79 Å². The third kappa shape index (κ3) is 2.43. The Kier molecular flexibility index (Phi) is 3.60. The molecule has 0 aliphatic carbocycles. The van der Waals surface area contributed by atoms with Crippen molar-refractivity contribution in [3.05, 3.63) is 17.0 Å². The van der Waals surface area contributed by atoms with E-state index in [0.717, 1.165) is 0 Å². The summed E-state index contributed by atoms with van der Waals surface area (Å²) in [4.78, 5) is 19.6. The highest BCUT2D eigenvalue weighted by Gasteiger charge is 2.17. The van der Waals surface area contributed by atoms with E-state index in [2.05, 4.69) is 9.97 Å². The van der Waals surface area contributed by atoms with Gasteiger partial charge < -0.3 is 9.47 Å². The van der Waals surface area contributed by atoms with E-state index in [-0.39, 0.29) is 6.01 Å². The van der Waals surface area contributed by atoms with Crippen LogP contribution < -0.4 is 4.74 Å². The Bertz CT molecular complexity index is 354. The Hall–Kier alpha value is -1.65. The van der Waals surface area contributed by atoms with E-state index in [4.69, 9.17) is 9.47 Å². The molecule has 5 heteroatoms. The number of aromatic nitrogens is 2. The summed E-state index contributed by atoms with van der Waals surface area (Å²) < 4.78 is 9.80. The molecular formula is C10H14N2O3. The van der Waals surface area contributed by atoms with E-state index in [0.29, 0.717) is 23.6 Å². The van der Waals surface area contributed by atoms with Crippen molar-refractivity contribution in [2.24, 2.45) is 0 Å². The predicted molar refractivity (Wildman–Crippen MR) is 54.0 cm³/mol. The van der Waals surface area contributed by atoms with Crippen molar-refractivity contribution < 1.29 is 14.3 Å². The van der Waals surface area contributed by atoms with Crippen molar-refractivity contribution in [1.29, 1.82) is 0 Å². The first-order valence-corrected chi connectivity index (χ1v) is 4.66. The number of aryl methyl sites for hydroxylation is 2. The molecule has 0 unspecified atom stereocenters. The number of ether oxygens (including phenoxy) is 2. The summed E-state index contributed by atoms with van der Waals surface area (Å²) in [5, 5.41) is 0. The molecule has 0 amide bonds. The SMILES string of the molecule is CCOC(=O)c1c(C)nc(OC)nc1C. The van der Waals surface area contributed by atoms with Gasteiger partial charge in [-0.3, -0.25) is 0 Å². The van der Waals surface area contributed by atoms with Crippen molar-refractivity contribution >= 4 is 5.97 Å². The minimum Gasteiger partial charge on any atom is -0.467 e. The minimum atomic E-state index is -0.393. The second-order valence-electron chi connectivity index (χ2n) is 2.98. The lowest BCUT2D eigenvalue weighted by molar-refractivity contribution is 0.0523. The molecule has 0 fully saturated rings. The normalized spacial score (nSPS) is 9.87. The molecule has 0 atom stereocenters. The third-order valence-corrected chi connectivity index (χ3v) is 1.91. The first kappa shape index (κ1) is 11.4. The average molecular weight is 210 g/mol. The molecule has 0 spiro atoms. The Labute approximate surface area is 88.4 Å². The number of hydrogen-bond donors (Lipinski definition) is 0. The van der Waals surface area contributed by atoms with Crippen LogP contribution >= 0.6 is 0 Å². The predicted octanol–water partition coefficient (Wildman–Crippen LogP) is 1.28. The van der Waals surface area contributed by atoms with Crippen LogP contribution in [0.5, 0.6) is 6.01 Å². The van der Waals surface area contributed by atoms with Crippen LogP contribution in [0.2, 0.25) is 0 Å². The van der Waals surface area contributed by atoms with Crippen LogP contribution in [0.25, 0.3) is 0 Å². The van der Waals surface area contributed by atoms with Gasteiger partial charge in [0.25, 0.3) is 0 Å². The smallest absolute Gasteiger partial charge is 0.341 e. The lowest BCUT2D eigenvalue weighted by Crippen LogP contribution is -2.12. The van der Waals surface area contributed by atoms with Crippen molar-refractivity contribution in [1.82, 2.24) is 9.97 Å². The maximum atomic E-state index is 11.5. The second-order valence-corrected chi connectivity index (χ2v) is 2.98. The number of nitrogens with zero attached hydrogens (tertiary/aromatic N) is 2. The number of carbonyl (C=O) groups excluding carboxylic acids is 1. The van der Waals surface area contributed by atoms with Gasteiger partial charge in [-0.15, -0.1) is 0 Å². The lowest BCUT2D eigenvalue weighted by atomic mass is 10.2. The van der Waals surface area contributed by atoms with E-state index in [1.165, 1.54) is 7.11 Å². The van der Waals surface area contributed by atoms with E-state index < -0.39 is 5.97 Å². The highest BCUT2D eigenvalue weighted by molar-refractivity contribution is 5.91. The Morgan fingerprint density at radius 1 is 1.27 bits per heavy atom. The van der Waals surface area contributed by atoms with Crippen molar-refractivity contribution in [3.63, 3.8) is 0 Å². The Morgan fingerprint density at radius 3 is 2.20 bits per heavy atom. The molecule has 0 aliphatic heterocycles. The summed E-state index contributed by atoms with van der Waals surface area (Å²) >= 11 is 0. The molecule has 1 aromatic rings. The molecule has 5 nitrogen and oxygen atoms in total. The first-order valence-electron chi connectivity index (χ1n) is 4.66. The highest BCUT2D eigenvalue weighted by atomic mass is 16.5. The molecule has 1 rings (SSSR count). The molecule has 0 aromatic carbocycles. The van der Waals surface area contributed by atoms with Gasteiger partial charge in [0.1, 0.15) is 5.56 Å². The largest absolute Gasteiger partial charge is 0.467 e. The number of rotatable bonds is 3. The second kappa shape index (κ2) is 4.72. The lowest BCUT2D eigenvalue weighted by Gasteiger charge is -2.08. The summed E-state index contributed by atoms with van der Waals surface area (Å²) in [6.07, 6.45) is 0. The fraction of sp³-hybridized carbons (Fsp3) is 0.500. The molecule has 0 bridgehead atoms. The molecule has 1 aromatic heterocycles. The zero-order valence-electron chi connectivity index (χ0n) is 9.33. The third-order valence-electron chi connectivity index (χ3n) is 1.91. The zero-order chi connectivity index (χ0) is 11.4. The summed E-state index contributed by atoms with van der Waals surface area (Å²) in [6.45, 7) is 5.55. The Balaban J connectivity index is 3.13. The van der Waals surface area contributed by atoms with Crippen LogP contribution in [0.4, 0.5) is 0 Å². The summed E-state index contributed by atoms with van der Waals surface area (Å²) in [5.41, 5.74) is 1.55. The molecule has 0 radical (unpaired) electrons. The summed E-state index contributed by atoms with van der Waals surface area (Å²) in [5.74, 6) is -0.393. The molecule has 0 aliphatic rings. The van der Waals surface area contributed by atoms with Crippen molar-refractivity contribution in [2.75, 3.05) is 13.7 Å². The van der Waals surface area contributed by atoms with Crippen LogP contribution in [-0.4, -0.2) is 29.7 Å². The molecular weight excluding hydrogens is 196 g/mol. The molecule has 0 N–H and O–H groups in total. The monoisotopic (exact) mass is 210 g/mol. The number of hydrogen-bond acceptors (Lipinski definition) is 5. The summed E-state index contributed by atoms with van der Waals surface area (Å²) in [6, 6.07) is 0.262. The van der Waals surface area contributed by atoms with Gasteiger partial charge in [-0.05, 0) is 20.8 Å². The van der Waals surface area contributed by atoms with Crippen molar-refractivity contribution in [2.45, 2.75) is 20.8 Å². The molecule has 0 saturated carbocycles. The molecule has 0 saturated heterocycles. The van der Waals surface area contributed by atoms with Gasteiger partial charge in [0, 0.05) is 0 Å². The summed E-state index contributed by atoms with van der Waals surface area (Å²) in [7, 11) is 1.48. The van der Waals surface area contributed by atoms with Crippen LogP contribution in [0, 0.1) is 13.8 Å². The van der Waals surface area contributed by atoms with Gasteiger partial charge in [-0.25, -0.2) is 4.79 Å². The zero-order valence-corrected chi connectivity index (χ0v) is 9.33. The van der Waals surface area contributed by atoms with Gasteiger partial charge in [0.15, 0.2) is 0 Å². The van der Waals surface area contributed by atoms with Crippen LogP contribution in [0.15, 0.2) is 0 Å². The van der Waals surface area contributed by atoms with Crippen LogP contribution in [0.1, 0.15) is 28.7 Å². The molecule has 82 valence electrons. The van der Waals surface area contributed by atoms with E-state index in [1.54, 1.807) is 20.8 Å². The van der Waals surface area contributed by atoms with Crippen molar-refractivity contribution in [3.8, 4) is 6.01 Å². The van der Waals surface area contributed by atoms with Crippen LogP contribution in [-0.2, 0) is 4.74 Å². The first-order chi connectivity index (χ1) is 7.10. The number of carbonyl (C=O) groups is 1. The minimum absolute atomic E-state index is 0.262. The quantitative estimate of drug-likeness (QED) is 0.703.